The number of nitrogens with zero attached hydrogens (tertiary/aromatic N) is 3. The van der Waals surface area contributed by atoms with Crippen molar-refractivity contribution in [2.75, 3.05) is 20.1 Å². The van der Waals surface area contributed by atoms with Crippen molar-refractivity contribution < 1.29 is 4.74 Å². The molecule has 0 aromatic heterocycles. The highest BCUT2D eigenvalue weighted by molar-refractivity contribution is 5.69. The van der Waals surface area contributed by atoms with Gasteiger partial charge >= 0.3 is 0 Å². The summed E-state index contributed by atoms with van der Waals surface area (Å²) in [7, 11) is 2.00. The third-order valence-electron chi connectivity index (χ3n) is 4.16. The predicted octanol–water partition coefficient (Wildman–Crippen LogP) is 4.37. The van der Waals surface area contributed by atoms with Crippen LogP contribution in [-0.4, -0.2) is 36.4 Å². The van der Waals surface area contributed by atoms with Crippen molar-refractivity contribution in [3.63, 3.8) is 0 Å². The van der Waals surface area contributed by atoms with E-state index in [1.807, 2.05) is 53.6 Å². The number of likely N-dealkylation sites (N-methyl/N-ethyl adjacent to an activating group) is 1. The zero-order valence-electron chi connectivity index (χ0n) is 15.4. The summed E-state index contributed by atoms with van der Waals surface area (Å²) < 4.78 is 5.88. The Morgan fingerprint density at radius 2 is 1.81 bits per heavy atom. The molecule has 0 saturated heterocycles. The summed E-state index contributed by atoms with van der Waals surface area (Å²) in [5.41, 5.74) is 4.36. The molecular weight excluding hydrogens is 322 g/mol. The van der Waals surface area contributed by atoms with Gasteiger partial charge in [0.05, 0.1) is 5.70 Å². The average Bonchev–Trinajstić information content (AvgIpc) is 2.66. The van der Waals surface area contributed by atoms with Gasteiger partial charge in [0, 0.05) is 25.7 Å². The Morgan fingerprint density at radius 1 is 1.08 bits per heavy atom. The largest absolute Gasteiger partial charge is 0.489 e. The van der Waals surface area contributed by atoms with Crippen molar-refractivity contribution in [3.05, 3.63) is 84.0 Å². The second-order valence-electron chi connectivity index (χ2n) is 6.35. The zero-order chi connectivity index (χ0) is 18.4. The van der Waals surface area contributed by atoms with E-state index in [2.05, 4.69) is 48.9 Å². The molecule has 0 radical (unpaired) electrons. The van der Waals surface area contributed by atoms with E-state index in [0.717, 1.165) is 41.2 Å². The molecule has 26 heavy (non-hydrogen) atoms. The fraction of sp³-hybridized carbons (Fsp3) is 0.227. The lowest BCUT2D eigenvalue weighted by Crippen LogP contribution is -2.25. The maximum Gasteiger partial charge on any atom is 0.119 e. The van der Waals surface area contributed by atoms with Crippen LogP contribution in [0.25, 0.3) is 5.70 Å². The van der Waals surface area contributed by atoms with Gasteiger partial charge in [-0.3, -0.25) is 5.01 Å². The number of benzene rings is 2. The highest BCUT2D eigenvalue weighted by Gasteiger charge is 2.13. The molecule has 0 saturated carbocycles. The fourth-order valence-corrected chi connectivity index (χ4v) is 2.83. The number of hydrogen-bond acceptors (Lipinski definition) is 4. The topological polar surface area (TPSA) is 28.1 Å². The molecule has 2 aromatic rings. The molecule has 1 heterocycles. The van der Waals surface area contributed by atoms with Crippen LogP contribution in [0.1, 0.15) is 18.1 Å². The van der Waals surface area contributed by atoms with E-state index in [1.165, 1.54) is 0 Å². The van der Waals surface area contributed by atoms with Crippen molar-refractivity contribution in [1.29, 1.82) is 0 Å². The van der Waals surface area contributed by atoms with Crippen LogP contribution in [-0.2, 0) is 6.61 Å². The van der Waals surface area contributed by atoms with Gasteiger partial charge in [-0.05, 0) is 48.4 Å². The Kier molecular flexibility index (Phi) is 5.74. The van der Waals surface area contributed by atoms with Gasteiger partial charge in [0.25, 0.3) is 0 Å². The molecule has 4 heteroatoms. The van der Waals surface area contributed by atoms with E-state index >= 15 is 0 Å². The monoisotopic (exact) mass is 347 g/mol. The van der Waals surface area contributed by atoms with Gasteiger partial charge < -0.3 is 9.64 Å². The van der Waals surface area contributed by atoms with E-state index in [4.69, 9.17) is 4.74 Å². The Morgan fingerprint density at radius 3 is 2.50 bits per heavy atom. The quantitative estimate of drug-likeness (QED) is 0.804. The fourth-order valence-electron chi connectivity index (χ4n) is 2.83. The van der Waals surface area contributed by atoms with E-state index in [0.29, 0.717) is 6.61 Å². The van der Waals surface area contributed by atoms with Gasteiger partial charge in [0.1, 0.15) is 18.7 Å². The zero-order valence-corrected chi connectivity index (χ0v) is 15.4. The molecule has 0 N–H and O–H groups in total. The van der Waals surface area contributed by atoms with Gasteiger partial charge in [-0.15, -0.1) is 0 Å². The molecule has 0 unspecified atom stereocenters. The van der Waals surface area contributed by atoms with Gasteiger partial charge in [-0.2, -0.15) is 5.10 Å². The maximum atomic E-state index is 5.88. The first-order valence-electron chi connectivity index (χ1n) is 8.84. The lowest BCUT2D eigenvalue weighted by molar-refractivity contribution is 0.306. The summed E-state index contributed by atoms with van der Waals surface area (Å²) in [6, 6.07) is 18.3. The highest BCUT2D eigenvalue weighted by Crippen LogP contribution is 2.25. The summed E-state index contributed by atoms with van der Waals surface area (Å²) in [6.45, 7) is 8.37. The van der Waals surface area contributed by atoms with Crippen LogP contribution in [0.3, 0.4) is 0 Å². The van der Waals surface area contributed by atoms with Gasteiger partial charge in [0.2, 0.25) is 0 Å². The Hall–Kier alpha value is -3.01. The normalized spacial score (nSPS) is 17.9. The minimum Gasteiger partial charge on any atom is -0.489 e. The van der Waals surface area contributed by atoms with E-state index in [9.17, 15) is 0 Å². The van der Waals surface area contributed by atoms with Crippen LogP contribution in [0.2, 0.25) is 0 Å². The predicted molar refractivity (Wildman–Crippen MR) is 108 cm³/mol. The SMILES string of the molecule is C=C1/C=C(/c2ccc(OCc3ccccc3)cc2)N(CC)/N=C\N(C)C1. The molecule has 0 fully saturated rings. The van der Waals surface area contributed by atoms with Crippen LogP contribution < -0.4 is 4.74 Å². The van der Waals surface area contributed by atoms with E-state index in [1.54, 1.807) is 0 Å². The summed E-state index contributed by atoms with van der Waals surface area (Å²) in [5.74, 6) is 0.856. The highest BCUT2D eigenvalue weighted by atomic mass is 16.5. The Labute approximate surface area is 155 Å². The minimum atomic E-state index is 0.567. The van der Waals surface area contributed by atoms with Gasteiger partial charge in [0.15, 0.2) is 0 Å². The number of hydrazone groups is 1. The summed E-state index contributed by atoms with van der Waals surface area (Å²) in [5, 5.41) is 6.55. The molecule has 1 aliphatic heterocycles. The van der Waals surface area contributed by atoms with Gasteiger partial charge in [-0.1, -0.05) is 36.9 Å². The first-order valence-corrected chi connectivity index (χ1v) is 8.84. The first-order chi connectivity index (χ1) is 12.7. The summed E-state index contributed by atoms with van der Waals surface area (Å²) in [4.78, 5) is 2.03. The third-order valence-corrected chi connectivity index (χ3v) is 4.16. The van der Waals surface area contributed by atoms with Crippen LogP contribution in [0.4, 0.5) is 0 Å². The van der Waals surface area contributed by atoms with Gasteiger partial charge in [-0.25, -0.2) is 0 Å². The maximum absolute atomic E-state index is 5.88. The van der Waals surface area contributed by atoms with Crippen molar-refractivity contribution in [2.45, 2.75) is 13.5 Å². The Bertz CT molecular complexity index is 794. The molecule has 0 bridgehead atoms. The lowest BCUT2D eigenvalue weighted by Gasteiger charge is -2.26. The van der Waals surface area contributed by atoms with Crippen LogP contribution in [0.5, 0.6) is 5.75 Å². The van der Waals surface area contributed by atoms with Crippen molar-refractivity contribution in [1.82, 2.24) is 9.91 Å². The second-order valence-corrected chi connectivity index (χ2v) is 6.35. The molecule has 134 valence electrons. The van der Waals surface area contributed by atoms with Crippen molar-refractivity contribution in [3.8, 4) is 5.75 Å². The standard InChI is InChI=1S/C22H25N3O/c1-4-25-22(14-18(2)15-24(3)17-23-25)20-10-12-21(13-11-20)26-16-19-8-6-5-7-9-19/h5-14,17H,2,4,15-16H2,1,3H3/b22-14-,23-17-. The van der Waals surface area contributed by atoms with Crippen molar-refractivity contribution in [2.24, 2.45) is 5.10 Å². The molecule has 2 aromatic carbocycles. The van der Waals surface area contributed by atoms with E-state index in [-0.39, 0.29) is 0 Å². The summed E-state index contributed by atoms with van der Waals surface area (Å²) >= 11 is 0. The second kappa shape index (κ2) is 8.39. The van der Waals surface area contributed by atoms with Crippen LogP contribution in [0.15, 0.2) is 77.9 Å². The molecule has 1 aliphatic rings. The lowest BCUT2D eigenvalue weighted by atomic mass is 10.1. The smallest absolute Gasteiger partial charge is 0.119 e. The molecule has 3 rings (SSSR count). The average molecular weight is 347 g/mol. The molecule has 4 nitrogen and oxygen atoms in total. The molecule has 0 aliphatic carbocycles. The minimum absolute atomic E-state index is 0.567. The van der Waals surface area contributed by atoms with Crippen molar-refractivity contribution >= 4 is 12.0 Å². The first kappa shape index (κ1) is 17.8. The number of ether oxygens (including phenoxy) is 1. The molecule has 0 spiro atoms. The number of hydrogen-bond donors (Lipinski definition) is 0. The molecular formula is C22H25N3O. The molecule has 0 amide bonds. The van der Waals surface area contributed by atoms with E-state index < -0.39 is 0 Å². The summed E-state index contributed by atoms with van der Waals surface area (Å²) in [6.07, 6.45) is 3.95. The Balaban J connectivity index is 1.75. The number of rotatable bonds is 5. The van der Waals surface area contributed by atoms with Crippen LogP contribution >= 0.6 is 0 Å². The van der Waals surface area contributed by atoms with Crippen LogP contribution in [0, 0.1) is 0 Å². The molecule has 0 atom stereocenters. The third kappa shape index (κ3) is 4.54.